The fourth-order valence-electron chi connectivity index (χ4n) is 2.43. The van der Waals surface area contributed by atoms with Gasteiger partial charge in [0.2, 0.25) is 0 Å². The summed E-state index contributed by atoms with van der Waals surface area (Å²) in [6.07, 6.45) is 0. The Labute approximate surface area is 149 Å². The van der Waals surface area contributed by atoms with Crippen LogP contribution in [0.15, 0.2) is 77.7 Å². The van der Waals surface area contributed by atoms with Gasteiger partial charge in [0, 0.05) is 25.5 Å². The second-order valence-corrected chi connectivity index (χ2v) is 7.06. The van der Waals surface area contributed by atoms with Crippen LogP contribution in [0.1, 0.15) is 0 Å². The van der Waals surface area contributed by atoms with Gasteiger partial charge in [-0.2, -0.15) is 0 Å². The number of nitrogens with zero attached hydrogens (tertiary/aromatic N) is 1. The van der Waals surface area contributed by atoms with Crippen molar-refractivity contribution in [3.05, 3.63) is 78.6 Å². The van der Waals surface area contributed by atoms with E-state index in [-0.39, 0.29) is 5.82 Å². The van der Waals surface area contributed by atoms with Gasteiger partial charge in [-0.3, -0.25) is 0 Å². The molecule has 3 rings (SSSR count). The Hall–Kier alpha value is -2.66. The molecule has 1 N–H and O–H groups in total. The summed E-state index contributed by atoms with van der Waals surface area (Å²) >= 11 is 0. The summed E-state index contributed by atoms with van der Waals surface area (Å²) in [5, 5.41) is 0. The summed E-state index contributed by atoms with van der Waals surface area (Å²) in [5.41, 5.74) is 3.65. The highest BCUT2D eigenvalue weighted by Gasteiger charge is 2.07. The van der Waals surface area contributed by atoms with Crippen LogP contribution in [-0.4, -0.2) is 18.3 Å². The molecule has 0 aliphatic carbocycles. The monoisotopic (exact) mass is 354 g/mol. The highest BCUT2D eigenvalue weighted by molar-refractivity contribution is 7.86. The molecule has 3 nitrogen and oxygen atoms in total. The van der Waals surface area contributed by atoms with Gasteiger partial charge in [0.25, 0.3) is 0 Å². The smallest absolute Gasteiger partial charge is 0.150 e. The molecule has 5 heteroatoms. The number of hydrogen-bond donors (Lipinski definition) is 1. The molecular weight excluding hydrogens is 335 g/mol. The molecule has 1 unspecified atom stereocenters. The first-order valence-corrected chi connectivity index (χ1v) is 9.00. The predicted octanol–water partition coefficient (Wildman–Crippen LogP) is 4.69. The Kier molecular flexibility index (Phi) is 5.14. The van der Waals surface area contributed by atoms with E-state index in [1.54, 1.807) is 12.1 Å². The number of anilines is 2. The highest BCUT2D eigenvalue weighted by Crippen LogP contribution is 2.23. The van der Waals surface area contributed by atoms with Crippen LogP contribution in [0.25, 0.3) is 11.1 Å². The Morgan fingerprint density at radius 1 is 0.880 bits per heavy atom. The molecule has 0 bridgehead atoms. The zero-order valence-corrected chi connectivity index (χ0v) is 14.9. The summed E-state index contributed by atoms with van der Waals surface area (Å²) in [7, 11) is 2.57. The predicted molar refractivity (Wildman–Crippen MR) is 103 cm³/mol. The Bertz CT molecular complexity index is 877. The van der Waals surface area contributed by atoms with Crippen molar-refractivity contribution in [1.29, 1.82) is 0 Å². The molecule has 0 aliphatic heterocycles. The molecular formula is C20H19FN2OS. The lowest BCUT2D eigenvalue weighted by atomic mass is 10.1. The van der Waals surface area contributed by atoms with Crippen LogP contribution >= 0.6 is 0 Å². The third kappa shape index (κ3) is 4.25. The molecule has 3 aromatic carbocycles. The van der Waals surface area contributed by atoms with E-state index in [0.29, 0.717) is 4.90 Å². The molecule has 0 aliphatic rings. The summed E-state index contributed by atoms with van der Waals surface area (Å²) in [6, 6.07) is 21.4. The molecule has 0 spiro atoms. The van der Waals surface area contributed by atoms with E-state index >= 15 is 0 Å². The SMILES string of the molecule is CN(C)c1ccc(NS(=O)c2cccc(-c3ccc(F)cc3)c2)cc1. The van der Waals surface area contributed by atoms with E-state index in [4.69, 9.17) is 0 Å². The van der Waals surface area contributed by atoms with Gasteiger partial charge in [-0.15, -0.1) is 0 Å². The summed E-state index contributed by atoms with van der Waals surface area (Å²) in [5.74, 6) is -0.272. The van der Waals surface area contributed by atoms with Gasteiger partial charge >= 0.3 is 0 Å². The van der Waals surface area contributed by atoms with Crippen molar-refractivity contribution in [2.24, 2.45) is 0 Å². The molecule has 0 amide bonds. The van der Waals surface area contributed by atoms with Crippen LogP contribution in [0.3, 0.4) is 0 Å². The minimum absolute atomic E-state index is 0.272. The normalized spacial score (nSPS) is 11.8. The first-order valence-electron chi connectivity index (χ1n) is 7.85. The second kappa shape index (κ2) is 7.49. The Morgan fingerprint density at radius 3 is 2.20 bits per heavy atom. The molecule has 0 saturated heterocycles. The fraction of sp³-hybridized carbons (Fsp3) is 0.100. The lowest BCUT2D eigenvalue weighted by Crippen LogP contribution is -2.09. The van der Waals surface area contributed by atoms with E-state index in [2.05, 4.69) is 4.72 Å². The number of nitrogens with one attached hydrogen (secondary N) is 1. The largest absolute Gasteiger partial charge is 0.378 e. The third-order valence-corrected chi connectivity index (χ3v) is 4.92. The van der Waals surface area contributed by atoms with Crippen molar-refractivity contribution >= 4 is 22.4 Å². The maximum Gasteiger partial charge on any atom is 0.150 e. The van der Waals surface area contributed by atoms with Crippen molar-refractivity contribution in [2.45, 2.75) is 4.90 Å². The molecule has 25 heavy (non-hydrogen) atoms. The number of hydrogen-bond acceptors (Lipinski definition) is 2. The van der Waals surface area contributed by atoms with E-state index in [0.717, 1.165) is 22.5 Å². The van der Waals surface area contributed by atoms with Crippen molar-refractivity contribution in [2.75, 3.05) is 23.7 Å². The van der Waals surface area contributed by atoms with Gasteiger partial charge in [-0.25, -0.2) is 8.60 Å². The van der Waals surface area contributed by atoms with Crippen LogP contribution in [0, 0.1) is 5.82 Å². The molecule has 0 radical (unpaired) electrons. The molecule has 0 aromatic heterocycles. The quantitative estimate of drug-likeness (QED) is 0.721. The molecule has 3 aromatic rings. The van der Waals surface area contributed by atoms with Gasteiger partial charge in [0.15, 0.2) is 0 Å². The fourth-order valence-corrected chi connectivity index (χ4v) is 3.33. The lowest BCUT2D eigenvalue weighted by Gasteiger charge is -2.13. The van der Waals surface area contributed by atoms with Crippen LogP contribution in [-0.2, 0) is 11.0 Å². The van der Waals surface area contributed by atoms with E-state index in [9.17, 15) is 8.60 Å². The zero-order valence-electron chi connectivity index (χ0n) is 14.1. The summed E-state index contributed by atoms with van der Waals surface area (Å²) in [6.45, 7) is 0. The van der Waals surface area contributed by atoms with E-state index < -0.39 is 11.0 Å². The highest BCUT2D eigenvalue weighted by atomic mass is 32.2. The van der Waals surface area contributed by atoms with Crippen molar-refractivity contribution in [3.8, 4) is 11.1 Å². The number of rotatable bonds is 5. The topological polar surface area (TPSA) is 32.3 Å². The van der Waals surface area contributed by atoms with Gasteiger partial charge in [-0.05, 0) is 59.7 Å². The molecule has 128 valence electrons. The summed E-state index contributed by atoms with van der Waals surface area (Å²) in [4.78, 5) is 2.67. The van der Waals surface area contributed by atoms with Crippen molar-refractivity contribution < 1.29 is 8.60 Å². The lowest BCUT2D eigenvalue weighted by molar-refractivity contribution is 0.628. The number of benzene rings is 3. The molecule has 1 atom stereocenters. The third-order valence-electron chi connectivity index (χ3n) is 3.82. The Balaban J connectivity index is 1.78. The van der Waals surface area contributed by atoms with Gasteiger partial charge in [0.1, 0.15) is 16.8 Å². The maximum atomic E-state index is 13.1. The van der Waals surface area contributed by atoms with Crippen LogP contribution in [0.4, 0.5) is 15.8 Å². The van der Waals surface area contributed by atoms with Gasteiger partial charge < -0.3 is 9.62 Å². The molecule has 0 heterocycles. The van der Waals surface area contributed by atoms with Crippen LogP contribution in [0.2, 0.25) is 0 Å². The first kappa shape index (κ1) is 17.2. The second-order valence-electron chi connectivity index (χ2n) is 5.85. The van der Waals surface area contributed by atoms with Gasteiger partial charge in [-0.1, -0.05) is 24.3 Å². The first-order chi connectivity index (χ1) is 12.0. The van der Waals surface area contributed by atoms with Crippen LogP contribution in [0.5, 0.6) is 0 Å². The standard InChI is InChI=1S/C20H19FN2OS/c1-23(2)19-12-10-18(11-13-19)22-25(24)20-5-3-4-16(14-20)15-6-8-17(21)9-7-15/h3-14,22H,1-2H3. The number of halogens is 1. The van der Waals surface area contributed by atoms with Gasteiger partial charge in [0.05, 0.1) is 4.90 Å². The Morgan fingerprint density at radius 2 is 1.56 bits per heavy atom. The van der Waals surface area contributed by atoms with Crippen molar-refractivity contribution in [1.82, 2.24) is 0 Å². The molecule has 0 fully saturated rings. The zero-order chi connectivity index (χ0) is 17.8. The summed E-state index contributed by atoms with van der Waals surface area (Å²) < 4.78 is 28.7. The molecule has 0 saturated carbocycles. The average molecular weight is 354 g/mol. The van der Waals surface area contributed by atoms with E-state index in [1.807, 2.05) is 67.5 Å². The average Bonchev–Trinajstić information content (AvgIpc) is 2.63. The minimum Gasteiger partial charge on any atom is -0.378 e. The minimum atomic E-state index is -1.38. The van der Waals surface area contributed by atoms with Crippen molar-refractivity contribution in [3.63, 3.8) is 0 Å². The van der Waals surface area contributed by atoms with E-state index in [1.165, 1.54) is 12.1 Å². The van der Waals surface area contributed by atoms with Crippen LogP contribution < -0.4 is 9.62 Å². The maximum absolute atomic E-state index is 13.1.